The van der Waals surface area contributed by atoms with Crippen LogP contribution >= 0.6 is 0 Å². The summed E-state index contributed by atoms with van der Waals surface area (Å²) in [4.78, 5) is 11.0. The first-order chi connectivity index (χ1) is 9.36. The molecule has 0 saturated heterocycles. The number of rotatable bonds is 7. The molecule has 0 atom stereocenters. The summed E-state index contributed by atoms with van der Waals surface area (Å²) in [5.74, 6) is -1.06. The summed E-state index contributed by atoms with van der Waals surface area (Å²) in [5.41, 5.74) is 3.29. The van der Waals surface area contributed by atoms with E-state index in [1.807, 2.05) is 6.92 Å². The second-order valence-electron chi connectivity index (χ2n) is 4.17. The maximum Gasteiger partial charge on any atom is 0.417 e. The van der Waals surface area contributed by atoms with Crippen LogP contribution in [0.2, 0.25) is 0 Å². The van der Waals surface area contributed by atoms with Crippen molar-refractivity contribution in [2.75, 3.05) is 19.7 Å². The molecule has 1 rings (SSSR count). The van der Waals surface area contributed by atoms with Gasteiger partial charge >= 0.3 is 6.18 Å². The molecule has 0 aliphatic heterocycles. The normalized spacial score (nSPS) is 11.4. The fourth-order valence-corrected chi connectivity index (χ4v) is 1.61. The maximum absolute atomic E-state index is 12.8. The molecular formula is C13H17F3N2O2. The van der Waals surface area contributed by atoms with Crippen molar-refractivity contribution in [3.05, 3.63) is 29.3 Å². The third kappa shape index (κ3) is 4.73. The van der Waals surface area contributed by atoms with Gasteiger partial charge in [0.15, 0.2) is 0 Å². The number of amides is 1. The highest BCUT2D eigenvalue weighted by atomic mass is 19.4. The van der Waals surface area contributed by atoms with Crippen LogP contribution in [0.1, 0.15) is 29.3 Å². The van der Waals surface area contributed by atoms with Crippen molar-refractivity contribution in [1.82, 2.24) is 5.32 Å². The van der Waals surface area contributed by atoms with Gasteiger partial charge in [-0.3, -0.25) is 4.79 Å². The largest absolute Gasteiger partial charge is 0.492 e. The lowest BCUT2D eigenvalue weighted by Crippen LogP contribution is -2.22. The van der Waals surface area contributed by atoms with E-state index in [1.54, 1.807) is 0 Å². The summed E-state index contributed by atoms with van der Waals surface area (Å²) in [6.07, 6.45) is -3.68. The molecule has 1 aromatic rings. The predicted octanol–water partition coefficient (Wildman–Crippen LogP) is 2.18. The summed E-state index contributed by atoms with van der Waals surface area (Å²) >= 11 is 0. The molecule has 1 aromatic carbocycles. The summed E-state index contributed by atoms with van der Waals surface area (Å²) in [6.45, 7) is 3.60. The lowest BCUT2D eigenvalue weighted by Gasteiger charge is -2.13. The van der Waals surface area contributed by atoms with Crippen LogP contribution in [0.3, 0.4) is 0 Å². The zero-order valence-electron chi connectivity index (χ0n) is 11.1. The fraction of sp³-hybridized carbons (Fsp3) is 0.462. The molecule has 0 aliphatic rings. The van der Waals surface area contributed by atoms with Crippen molar-refractivity contribution >= 4 is 5.91 Å². The number of nitrogens with two attached hydrogens (primary N) is 1. The zero-order valence-corrected chi connectivity index (χ0v) is 11.1. The molecule has 112 valence electrons. The molecule has 20 heavy (non-hydrogen) atoms. The highest BCUT2D eigenvalue weighted by Crippen LogP contribution is 2.34. The molecule has 3 N–H and O–H groups in total. The minimum absolute atomic E-state index is 0.0561. The van der Waals surface area contributed by atoms with Gasteiger partial charge in [-0.05, 0) is 31.2 Å². The van der Waals surface area contributed by atoms with Gasteiger partial charge in [0.25, 0.3) is 0 Å². The van der Waals surface area contributed by atoms with Crippen LogP contribution in [0.4, 0.5) is 13.2 Å². The van der Waals surface area contributed by atoms with Crippen molar-refractivity contribution in [3.63, 3.8) is 0 Å². The predicted molar refractivity (Wildman–Crippen MR) is 68.6 cm³/mol. The van der Waals surface area contributed by atoms with Crippen LogP contribution in [-0.2, 0) is 6.18 Å². The van der Waals surface area contributed by atoms with E-state index in [4.69, 9.17) is 10.5 Å². The minimum Gasteiger partial charge on any atom is -0.492 e. The van der Waals surface area contributed by atoms with Crippen molar-refractivity contribution in [2.24, 2.45) is 5.73 Å². The van der Waals surface area contributed by atoms with Crippen LogP contribution in [0.25, 0.3) is 0 Å². The highest BCUT2D eigenvalue weighted by Gasteiger charge is 2.35. The number of carbonyl (C=O) groups excluding carboxylic acids is 1. The Morgan fingerprint density at radius 2 is 2.05 bits per heavy atom. The number of primary amides is 1. The topological polar surface area (TPSA) is 64.3 Å². The minimum atomic E-state index is -4.65. The highest BCUT2D eigenvalue weighted by molar-refractivity contribution is 5.94. The van der Waals surface area contributed by atoms with Crippen LogP contribution in [0.5, 0.6) is 5.75 Å². The van der Waals surface area contributed by atoms with Crippen molar-refractivity contribution in [1.29, 1.82) is 0 Å². The second kappa shape index (κ2) is 7.14. The van der Waals surface area contributed by atoms with Gasteiger partial charge in [0.1, 0.15) is 12.4 Å². The number of nitrogens with one attached hydrogen (secondary N) is 1. The molecule has 0 bridgehead atoms. The van der Waals surface area contributed by atoms with E-state index in [2.05, 4.69) is 5.32 Å². The first-order valence-electron chi connectivity index (χ1n) is 6.20. The molecule has 0 aromatic heterocycles. The van der Waals surface area contributed by atoms with Gasteiger partial charge in [0.2, 0.25) is 5.91 Å². The lowest BCUT2D eigenvalue weighted by molar-refractivity contribution is -0.138. The van der Waals surface area contributed by atoms with Crippen LogP contribution in [0, 0.1) is 0 Å². The maximum atomic E-state index is 12.8. The Bertz CT molecular complexity index is 461. The number of carbonyl (C=O) groups is 1. The van der Waals surface area contributed by atoms with Gasteiger partial charge in [0, 0.05) is 6.54 Å². The molecule has 0 unspecified atom stereocenters. The SMILES string of the molecule is CCCNCCOc1ccc(C(N)=O)c(C(F)(F)F)c1. The van der Waals surface area contributed by atoms with Crippen molar-refractivity contribution < 1.29 is 22.7 Å². The first kappa shape index (κ1) is 16.3. The molecule has 0 fully saturated rings. The van der Waals surface area contributed by atoms with Gasteiger partial charge in [-0.25, -0.2) is 0 Å². The Labute approximate surface area is 115 Å². The molecule has 0 spiro atoms. The third-order valence-corrected chi connectivity index (χ3v) is 2.54. The lowest BCUT2D eigenvalue weighted by atomic mass is 10.1. The number of halogens is 3. The quantitative estimate of drug-likeness (QED) is 0.757. The summed E-state index contributed by atoms with van der Waals surface area (Å²) < 4.78 is 43.6. The smallest absolute Gasteiger partial charge is 0.417 e. The molecule has 1 amide bonds. The molecule has 7 heteroatoms. The van der Waals surface area contributed by atoms with E-state index in [-0.39, 0.29) is 12.4 Å². The third-order valence-electron chi connectivity index (χ3n) is 2.54. The van der Waals surface area contributed by atoms with Gasteiger partial charge in [-0.1, -0.05) is 6.92 Å². The summed E-state index contributed by atoms with van der Waals surface area (Å²) in [6, 6.07) is 3.12. The molecular weight excluding hydrogens is 273 g/mol. The van der Waals surface area contributed by atoms with Crippen molar-refractivity contribution in [3.8, 4) is 5.75 Å². The number of benzene rings is 1. The standard InChI is InChI=1S/C13H17F3N2O2/c1-2-5-18-6-7-20-9-3-4-10(12(17)19)11(8-9)13(14,15)16/h3-4,8,18H,2,5-7H2,1H3,(H2,17,19). The van der Waals surface area contributed by atoms with Gasteiger partial charge in [-0.15, -0.1) is 0 Å². The second-order valence-corrected chi connectivity index (χ2v) is 4.17. The molecule has 4 nitrogen and oxygen atoms in total. The average Bonchev–Trinajstić information content (AvgIpc) is 2.37. The molecule has 0 radical (unpaired) electrons. The van der Waals surface area contributed by atoms with Gasteiger partial charge < -0.3 is 15.8 Å². The fourth-order valence-electron chi connectivity index (χ4n) is 1.61. The van der Waals surface area contributed by atoms with E-state index < -0.39 is 23.2 Å². The Morgan fingerprint density at radius 3 is 2.60 bits per heavy atom. The van der Waals surface area contributed by atoms with Crippen LogP contribution < -0.4 is 15.8 Å². The Hall–Kier alpha value is -1.76. The summed E-state index contributed by atoms with van der Waals surface area (Å²) in [7, 11) is 0. The Morgan fingerprint density at radius 1 is 1.35 bits per heavy atom. The number of hydrogen-bond acceptors (Lipinski definition) is 3. The number of alkyl halides is 3. The molecule has 0 aliphatic carbocycles. The van der Waals surface area contributed by atoms with E-state index >= 15 is 0 Å². The summed E-state index contributed by atoms with van der Waals surface area (Å²) in [5, 5.41) is 3.06. The Balaban J connectivity index is 2.77. The first-order valence-corrected chi connectivity index (χ1v) is 6.20. The van der Waals surface area contributed by atoms with Crippen molar-refractivity contribution in [2.45, 2.75) is 19.5 Å². The van der Waals surface area contributed by atoms with E-state index in [1.165, 1.54) is 6.07 Å². The van der Waals surface area contributed by atoms with Gasteiger partial charge in [-0.2, -0.15) is 13.2 Å². The molecule has 0 heterocycles. The van der Waals surface area contributed by atoms with Crippen LogP contribution in [0.15, 0.2) is 18.2 Å². The average molecular weight is 290 g/mol. The number of hydrogen-bond donors (Lipinski definition) is 2. The monoisotopic (exact) mass is 290 g/mol. The van der Waals surface area contributed by atoms with Crippen LogP contribution in [-0.4, -0.2) is 25.6 Å². The van der Waals surface area contributed by atoms with Gasteiger partial charge in [0.05, 0.1) is 11.1 Å². The Kier molecular flexibility index (Phi) is 5.82. The number of ether oxygens (including phenoxy) is 1. The van der Waals surface area contributed by atoms with E-state index in [0.29, 0.717) is 6.54 Å². The van der Waals surface area contributed by atoms with E-state index in [9.17, 15) is 18.0 Å². The van der Waals surface area contributed by atoms with E-state index in [0.717, 1.165) is 25.1 Å². The molecule has 0 saturated carbocycles. The zero-order chi connectivity index (χ0) is 15.2.